The van der Waals surface area contributed by atoms with E-state index < -0.39 is 34.4 Å². The molecule has 0 spiro atoms. The lowest BCUT2D eigenvalue weighted by atomic mass is 10.2. The highest BCUT2D eigenvalue weighted by Crippen LogP contribution is 2.25. The van der Waals surface area contributed by atoms with Gasteiger partial charge in [-0.15, -0.1) is 11.3 Å². The average Bonchev–Trinajstić information content (AvgIpc) is 2.63. The average molecular weight is 314 g/mol. The number of nitrogens with one attached hydrogen (secondary N) is 1. The van der Waals surface area contributed by atoms with Crippen LogP contribution in [0.3, 0.4) is 0 Å². The maximum atomic E-state index is 11.7. The van der Waals surface area contributed by atoms with Crippen molar-refractivity contribution < 1.29 is 28.2 Å². The number of sulfonamides is 1. The minimum absolute atomic E-state index is 0.177. The second kappa shape index (κ2) is 5.65. The Hall–Kier alpha value is -1.16. The van der Waals surface area contributed by atoms with E-state index in [4.69, 9.17) is 21.8 Å². The van der Waals surface area contributed by atoms with Crippen LogP contribution in [0.15, 0.2) is 16.3 Å². The van der Waals surface area contributed by atoms with E-state index in [0.717, 1.165) is 11.3 Å². The molecule has 1 heterocycles. The van der Waals surface area contributed by atoms with E-state index in [1.54, 1.807) is 4.72 Å². The van der Waals surface area contributed by atoms with Gasteiger partial charge in [-0.3, -0.25) is 9.59 Å². The zero-order valence-corrected chi connectivity index (χ0v) is 11.0. The van der Waals surface area contributed by atoms with Crippen molar-refractivity contribution in [3.8, 4) is 0 Å². The Morgan fingerprint density at radius 3 is 2.39 bits per heavy atom. The quantitative estimate of drug-likeness (QED) is 0.707. The minimum atomic E-state index is -4.09. The summed E-state index contributed by atoms with van der Waals surface area (Å²) >= 11 is 6.31. The molecule has 1 aromatic rings. The minimum Gasteiger partial charge on any atom is -0.481 e. The second-order valence-corrected chi connectivity index (χ2v) is 6.82. The second-order valence-electron chi connectivity index (χ2n) is 3.17. The van der Waals surface area contributed by atoms with Gasteiger partial charge < -0.3 is 10.2 Å². The van der Waals surface area contributed by atoms with Crippen LogP contribution < -0.4 is 4.72 Å². The number of hydrogen-bond donors (Lipinski definition) is 3. The highest BCUT2D eigenvalue weighted by molar-refractivity contribution is 7.91. The Labute approximate surface area is 111 Å². The first-order valence-electron chi connectivity index (χ1n) is 4.44. The molecule has 0 saturated carbocycles. The van der Waals surface area contributed by atoms with Crippen molar-refractivity contribution in [1.29, 1.82) is 0 Å². The Bertz CT molecular complexity index is 566. The summed E-state index contributed by atoms with van der Waals surface area (Å²) in [5.41, 5.74) is 0. The fourth-order valence-electron chi connectivity index (χ4n) is 1.04. The third kappa shape index (κ3) is 3.95. The van der Waals surface area contributed by atoms with E-state index in [-0.39, 0.29) is 8.55 Å². The van der Waals surface area contributed by atoms with Gasteiger partial charge in [-0.25, -0.2) is 8.42 Å². The van der Waals surface area contributed by atoms with Gasteiger partial charge in [0, 0.05) is 0 Å². The number of thiophene rings is 1. The normalized spacial score (nSPS) is 13.2. The number of carboxylic acids is 2. The Balaban J connectivity index is 2.93. The SMILES string of the molecule is O=C(O)C[C@H](NS(=O)(=O)c1ccc(Cl)s1)C(=O)O. The fraction of sp³-hybridized carbons (Fsp3) is 0.250. The molecular formula is C8H8ClNO6S2. The largest absolute Gasteiger partial charge is 0.481 e. The maximum Gasteiger partial charge on any atom is 0.322 e. The first-order chi connectivity index (χ1) is 8.22. The zero-order chi connectivity index (χ0) is 13.9. The molecule has 0 fully saturated rings. The summed E-state index contributed by atoms with van der Waals surface area (Å²) in [7, 11) is -4.09. The van der Waals surface area contributed by atoms with Crippen molar-refractivity contribution in [1.82, 2.24) is 4.72 Å². The molecule has 0 saturated heterocycles. The van der Waals surface area contributed by atoms with Gasteiger partial charge in [0.15, 0.2) is 0 Å². The van der Waals surface area contributed by atoms with Crippen molar-refractivity contribution in [2.45, 2.75) is 16.7 Å². The highest BCUT2D eigenvalue weighted by atomic mass is 35.5. The first-order valence-corrected chi connectivity index (χ1v) is 7.12. The molecule has 3 N–H and O–H groups in total. The molecule has 1 atom stereocenters. The zero-order valence-electron chi connectivity index (χ0n) is 8.66. The number of hydrogen-bond acceptors (Lipinski definition) is 5. The predicted octanol–water partition coefficient (Wildman–Crippen LogP) is 0.608. The molecule has 0 bridgehead atoms. The van der Waals surface area contributed by atoms with E-state index in [1.165, 1.54) is 12.1 Å². The van der Waals surface area contributed by atoms with E-state index in [9.17, 15) is 18.0 Å². The molecule has 0 radical (unpaired) electrons. The van der Waals surface area contributed by atoms with Crippen molar-refractivity contribution in [3.63, 3.8) is 0 Å². The highest BCUT2D eigenvalue weighted by Gasteiger charge is 2.28. The molecule has 1 aromatic heterocycles. The third-order valence-electron chi connectivity index (χ3n) is 1.79. The van der Waals surface area contributed by atoms with E-state index >= 15 is 0 Å². The number of halogens is 1. The molecule has 100 valence electrons. The Morgan fingerprint density at radius 2 is 2.00 bits per heavy atom. The molecular weight excluding hydrogens is 306 g/mol. The molecule has 10 heteroatoms. The van der Waals surface area contributed by atoms with E-state index in [0.29, 0.717) is 0 Å². The van der Waals surface area contributed by atoms with Gasteiger partial charge in [-0.2, -0.15) is 4.72 Å². The standard InChI is InChI=1S/C8H8ClNO6S2/c9-5-1-2-7(17-5)18(15,16)10-4(8(13)14)3-6(11)12/h1-2,4,10H,3H2,(H,11,12)(H,13,14)/t4-/m0/s1. The molecule has 0 aliphatic rings. The van der Waals surface area contributed by atoms with Crippen molar-refractivity contribution >= 4 is 44.9 Å². The van der Waals surface area contributed by atoms with Gasteiger partial charge in [0.05, 0.1) is 10.8 Å². The fourth-order valence-corrected chi connectivity index (χ4v) is 3.73. The molecule has 0 aliphatic carbocycles. The first kappa shape index (κ1) is 14.9. The van der Waals surface area contributed by atoms with Crippen LogP contribution >= 0.6 is 22.9 Å². The monoisotopic (exact) mass is 313 g/mol. The summed E-state index contributed by atoms with van der Waals surface area (Å²) in [6.45, 7) is 0. The lowest BCUT2D eigenvalue weighted by molar-refractivity contribution is -0.145. The molecule has 1 rings (SSSR count). The van der Waals surface area contributed by atoms with Crippen LogP contribution in [0.25, 0.3) is 0 Å². The van der Waals surface area contributed by atoms with Crippen LogP contribution in [0, 0.1) is 0 Å². The maximum absolute atomic E-state index is 11.7. The summed E-state index contributed by atoms with van der Waals surface area (Å²) in [4.78, 5) is 21.2. The van der Waals surface area contributed by atoms with Gasteiger partial charge in [0.1, 0.15) is 10.3 Å². The lowest BCUT2D eigenvalue weighted by Crippen LogP contribution is -2.41. The molecule has 0 aliphatic heterocycles. The van der Waals surface area contributed by atoms with Gasteiger partial charge in [-0.1, -0.05) is 11.6 Å². The predicted molar refractivity (Wildman–Crippen MR) is 63.3 cm³/mol. The summed E-state index contributed by atoms with van der Waals surface area (Å²) in [6, 6.07) is 0.816. The van der Waals surface area contributed by atoms with Crippen molar-refractivity contribution in [3.05, 3.63) is 16.5 Å². The number of rotatable bonds is 6. The lowest BCUT2D eigenvalue weighted by Gasteiger charge is -2.11. The van der Waals surface area contributed by atoms with Gasteiger partial charge in [0.25, 0.3) is 10.0 Å². The van der Waals surface area contributed by atoms with Crippen LogP contribution in [0.5, 0.6) is 0 Å². The Morgan fingerprint density at radius 1 is 1.39 bits per heavy atom. The summed E-state index contributed by atoms with van der Waals surface area (Å²) in [5.74, 6) is -2.99. The summed E-state index contributed by atoms with van der Waals surface area (Å²) in [6.07, 6.45) is -0.854. The molecule has 7 nitrogen and oxygen atoms in total. The van der Waals surface area contributed by atoms with Crippen LogP contribution in [-0.2, 0) is 19.6 Å². The Kier molecular flexibility index (Phi) is 4.68. The summed E-state index contributed by atoms with van der Waals surface area (Å²) < 4.78 is 25.3. The van der Waals surface area contributed by atoms with Crippen molar-refractivity contribution in [2.75, 3.05) is 0 Å². The van der Waals surface area contributed by atoms with Gasteiger partial charge >= 0.3 is 11.9 Å². The van der Waals surface area contributed by atoms with Gasteiger partial charge in [0.2, 0.25) is 0 Å². The van der Waals surface area contributed by atoms with Gasteiger partial charge in [-0.05, 0) is 12.1 Å². The number of carbonyl (C=O) groups is 2. The molecule has 0 aromatic carbocycles. The molecule has 18 heavy (non-hydrogen) atoms. The number of aliphatic carboxylic acids is 2. The summed E-state index contributed by atoms with van der Waals surface area (Å²) in [5, 5.41) is 17.2. The van der Waals surface area contributed by atoms with Crippen LogP contribution in [0.4, 0.5) is 0 Å². The molecule has 0 unspecified atom stereocenters. The van der Waals surface area contributed by atoms with Crippen LogP contribution in [0.1, 0.15) is 6.42 Å². The molecule has 0 amide bonds. The smallest absolute Gasteiger partial charge is 0.322 e. The van der Waals surface area contributed by atoms with Crippen LogP contribution in [0.2, 0.25) is 4.34 Å². The van der Waals surface area contributed by atoms with Crippen molar-refractivity contribution in [2.24, 2.45) is 0 Å². The topological polar surface area (TPSA) is 121 Å². The third-order valence-corrected chi connectivity index (χ3v) is 4.98. The van der Waals surface area contributed by atoms with E-state index in [1.807, 2.05) is 0 Å². The number of carboxylic acid groups (broad SMARTS) is 2. The van der Waals surface area contributed by atoms with E-state index in [2.05, 4.69) is 0 Å². The van der Waals surface area contributed by atoms with Crippen LogP contribution in [-0.4, -0.2) is 36.6 Å².